The van der Waals surface area contributed by atoms with Gasteiger partial charge in [-0.25, -0.2) is 4.79 Å². The quantitative estimate of drug-likeness (QED) is 0.383. The van der Waals surface area contributed by atoms with Gasteiger partial charge in [0.25, 0.3) is 5.91 Å². The Morgan fingerprint density at radius 3 is 2.50 bits per heavy atom. The monoisotopic (exact) mass is 484 g/mol. The van der Waals surface area contributed by atoms with E-state index in [1.165, 1.54) is 41.2 Å². The molecule has 0 bridgehead atoms. The molecule has 1 amide bonds. The Bertz CT molecular complexity index is 1230. The minimum Gasteiger partial charge on any atom is -0.464 e. The van der Waals surface area contributed by atoms with Gasteiger partial charge in [-0.15, -0.1) is 0 Å². The van der Waals surface area contributed by atoms with Crippen LogP contribution in [0.4, 0.5) is 0 Å². The number of hydrogen-bond acceptors (Lipinski definition) is 4. The van der Waals surface area contributed by atoms with Crippen molar-refractivity contribution in [3.05, 3.63) is 83.4 Å². The van der Waals surface area contributed by atoms with Crippen molar-refractivity contribution in [1.29, 1.82) is 0 Å². The molecular weight excluding hydrogens is 448 g/mol. The summed E-state index contributed by atoms with van der Waals surface area (Å²) in [6.45, 7) is 4.37. The number of benzene rings is 3. The van der Waals surface area contributed by atoms with Crippen molar-refractivity contribution in [2.75, 3.05) is 6.61 Å². The van der Waals surface area contributed by atoms with Gasteiger partial charge >= 0.3 is 5.97 Å². The van der Waals surface area contributed by atoms with Gasteiger partial charge in [-0.3, -0.25) is 4.79 Å². The molecule has 5 nitrogen and oxygen atoms in total. The summed E-state index contributed by atoms with van der Waals surface area (Å²) in [5.74, 6) is -0.0602. The molecule has 3 atom stereocenters. The van der Waals surface area contributed by atoms with Crippen molar-refractivity contribution >= 4 is 22.6 Å². The van der Waals surface area contributed by atoms with Gasteiger partial charge in [-0.2, -0.15) is 0 Å². The van der Waals surface area contributed by atoms with Crippen LogP contribution >= 0.6 is 0 Å². The number of carbonyl (C=O) groups is 2. The third-order valence-electron chi connectivity index (χ3n) is 7.86. The number of esters is 1. The number of ether oxygens (including phenoxy) is 1. The summed E-state index contributed by atoms with van der Waals surface area (Å²) in [7, 11) is 0. The fourth-order valence-corrected chi connectivity index (χ4v) is 5.69. The normalized spacial score (nSPS) is 21.5. The molecule has 0 saturated heterocycles. The smallest absolute Gasteiger partial charge is 0.331 e. The zero-order chi connectivity index (χ0) is 25.1. The number of nitrogens with one attached hydrogen (secondary N) is 2. The predicted molar refractivity (Wildman–Crippen MR) is 143 cm³/mol. The van der Waals surface area contributed by atoms with Crippen molar-refractivity contribution in [3.8, 4) is 0 Å². The van der Waals surface area contributed by atoms with Crippen LogP contribution in [0.15, 0.2) is 66.7 Å². The minimum absolute atomic E-state index is 0.209. The lowest BCUT2D eigenvalue weighted by Crippen LogP contribution is -2.44. The number of fused-ring (bicyclic) bond motifs is 1. The molecule has 0 radical (unpaired) electrons. The van der Waals surface area contributed by atoms with Crippen LogP contribution in [0.1, 0.15) is 85.8 Å². The van der Waals surface area contributed by atoms with E-state index >= 15 is 0 Å². The van der Waals surface area contributed by atoms with Gasteiger partial charge in [0.2, 0.25) is 0 Å². The summed E-state index contributed by atoms with van der Waals surface area (Å²) >= 11 is 0. The third-order valence-corrected chi connectivity index (χ3v) is 7.86. The molecule has 2 N–H and O–H groups in total. The molecular formula is C31H36N2O3. The lowest BCUT2D eigenvalue weighted by Gasteiger charge is -2.32. The summed E-state index contributed by atoms with van der Waals surface area (Å²) in [6.07, 6.45) is 5.91. The molecule has 36 heavy (non-hydrogen) atoms. The van der Waals surface area contributed by atoms with E-state index in [0.717, 1.165) is 6.42 Å². The summed E-state index contributed by atoms with van der Waals surface area (Å²) in [6, 6.07) is 23.8. The molecule has 3 unspecified atom stereocenters. The number of hydrogen-bond donors (Lipinski definition) is 2. The first kappa shape index (κ1) is 24.5. The molecule has 0 heterocycles. The standard InChI is InChI=1S/C31H36N2O3/c1-3-36-30(35)31(18-19-31)33-29(34)24-16-14-22(15-17-24)25-10-6-11-26(20-25)32-21(2)27-13-7-9-23-8-4-5-12-28(23)27/h4-5,7-9,12-17,21,25-26,32H,3,6,10-11,18-20H2,1-2H3,(H,33,34). The topological polar surface area (TPSA) is 67.4 Å². The number of amides is 1. The highest BCUT2D eigenvalue weighted by Gasteiger charge is 2.52. The van der Waals surface area contributed by atoms with Gasteiger partial charge in [0.15, 0.2) is 0 Å². The third kappa shape index (κ3) is 5.17. The molecule has 2 aliphatic carbocycles. The largest absolute Gasteiger partial charge is 0.464 e. The fourth-order valence-electron chi connectivity index (χ4n) is 5.69. The molecule has 2 aliphatic rings. The molecule has 0 spiro atoms. The Morgan fingerprint density at radius 1 is 1.00 bits per heavy atom. The highest BCUT2D eigenvalue weighted by Crippen LogP contribution is 2.37. The maximum Gasteiger partial charge on any atom is 0.331 e. The van der Waals surface area contributed by atoms with E-state index in [4.69, 9.17) is 4.74 Å². The lowest BCUT2D eigenvalue weighted by atomic mass is 9.80. The first-order valence-corrected chi connectivity index (χ1v) is 13.3. The van der Waals surface area contributed by atoms with E-state index in [0.29, 0.717) is 37.0 Å². The average Bonchev–Trinajstić information content (AvgIpc) is 3.69. The Labute approximate surface area is 213 Å². The van der Waals surface area contributed by atoms with Crippen LogP contribution in [0.3, 0.4) is 0 Å². The molecule has 0 aliphatic heterocycles. The zero-order valence-corrected chi connectivity index (χ0v) is 21.3. The Morgan fingerprint density at radius 2 is 1.75 bits per heavy atom. The van der Waals surface area contributed by atoms with Crippen molar-refractivity contribution in [3.63, 3.8) is 0 Å². The Balaban J connectivity index is 1.21. The van der Waals surface area contributed by atoms with Crippen LogP contribution in [-0.4, -0.2) is 30.1 Å². The highest BCUT2D eigenvalue weighted by atomic mass is 16.5. The summed E-state index contributed by atoms with van der Waals surface area (Å²) in [4.78, 5) is 24.9. The second-order valence-corrected chi connectivity index (χ2v) is 10.4. The summed E-state index contributed by atoms with van der Waals surface area (Å²) in [5, 5.41) is 9.40. The molecule has 0 aromatic heterocycles. The molecule has 188 valence electrons. The number of rotatable bonds is 8. The molecule has 2 fully saturated rings. The fraction of sp³-hybridized carbons (Fsp3) is 0.419. The first-order chi connectivity index (χ1) is 17.5. The second kappa shape index (κ2) is 10.4. The SMILES string of the molecule is CCOC(=O)C1(NC(=O)c2ccc(C3CCCC(NC(C)c4cccc5ccccc45)C3)cc2)CC1. The van der Waals surface area contributed by atoms with Crippen LogP contribution in [-0.2, 0) is 9.53 Å². The van der Waals surface area contributed by atoms with Crippen LogP contribution in [0.25, 0.3) is 10.8 Å². The van der Waals surface area contributed by atoms with E-state index in [2.05, 4.69) is 72.2 Å². The van der Waals surface area contributed by atoms with Gasteiger partial charge in [-0.05, 0) is 85.9 Å². The molecule has 3 aromatic rings. The maximum atomic E-state index is 12.8. The highest BCUT2D eigenvalue weighted by molar-refractivity contribution is 5.99. The van der Waals surface area contributed by atoms with Crippen LogP contribution in [0, 0.1) is 0 Å². The van der Waals surface area contributed by atoms with Crippen molar-refractivity contribution in [1.82, 2.24) is 10.6 Å². The number of carbonyl (C=O) groups excluding carboxylic acids is 2. The molecule has 5 rings (SSSR count). The van der Waals surface area contributed by atoms with Crippen molar-refractivity contribution < 1.29 is 14.3 Å². The average molecular weight is 485 g/mol. The van der Waals surface area contributed by atoms with Gasteiger partial charge in [0.05, 0.1) is 6.61 Å². The van der Waals surface area contributed by atoms with Crippen molar-refractivity contribution in [2.45, 2.75) is 75.9 Å². The van der Waals surface area contributed by atoms with E-state index < -0.39 is 5.54 Å². The first-order valence-electron chi connectivity index (χ1n) is 13.3. The summed E-state index contributed by atoms with van der Waals surface area (Å²) in [5.41, 5.74) is 2.39. The molecule has 3 aromatic carbocycles. The van der Waals surface area contributed by atoms with Gasteiger partial charge in [-0.1, -0.05) is 61.0 Å². The Hall–Kier alpha value is -3.18. The van der Waals surface area contributed by atoms with E-state index in [1.807, 2.05) is 12.1 Å². The van der Waals surface area contributed by atoms with Gasteiger partial charge in [0.1, 0.15) is 5.54 Å². The van der Waals surface area contributed by atoms with E-state index in [1.54, 1.807) is 6.92 Å². The molecule has 5 heteroatoms. The summed E-state index contributed by atoms with van der Waals surface area (Å²) < 4.78 is 5.13. The van der Waals surface area contributed by atoms with E-state index in [-0.39, 0.29) is 17.9 Å². The van der Waals surface area contributed by atoms with E-state index in [9.17, 15) is 9.59 Å². The molecule has 2 saturated carbocycles. The van der Waals surface area contributed by atoms with Crippen LogP contribution < -0.4 is 10.6 Å². The lowest BCUT2D eigenvalue weighted by molar-refractivity contribution is -0.146. The second-order valence-electron chi connectivity index (χ2n) is 10.4. The zero-order valence-electron chi connectivity index (χ0n) is 21.3. The Kier molecular flexibility index (Phi) is 7.10. The van der Waals surface area contributed by atoms with Crippen LogP contribution in [0.2, 0.25) is 0 Å². The minimum atomic E-state index is -0.825. The predicted octanol–water partition coefficient (Wildman–Crippen LogP) is 6.04. The van der Waals surface area contributed by atoms with Crippen molar-refractivity contribution in [2.24, 2.45) is 0 Å². The van der Waals surface area contributed by atoms with Crippen LogP contribution in [0.5, 0.6) is 0 Å². The van der Waals surface area contributed by atoms with Gasteiger partial charge < -0.3 is 15.4 Å². The maximum absolute atomic E-state index is 12.8. The van der Waals surface area contributed by atoms with Gasteiger partial charge in [0, 0.05) is 17.6 Å².